The fourth-order valence-electron chi connectivity index (χ4n) is 4.45. The Kier molecular flexibility index (Phi) is 6.73. The normalized spacial score (nSPS) is 24.7. The lowest BCUT2D eigenvalue weighted by atomic mass is 9.96. The van der Waals surface area contributed by atoms with Crippen molar-refractivity contribution in [3.63, 3.8) is 0 Å². The van der Waals surface area contributed by atoms with E-state index in [9.17, 15) is 9.59 Å². The Morgan fingerprint density at radius 3 is 2.26 bits per heavy atom. The first-order valence-corrected chi connectivity index (χ1v) is 9.84. The molecule has 0 bridgehead atoms. The van der Waals surface area contributed by atoms with Crippen LogP contribution in [0.2, 0.25) is 0 Å². The molecule has 3 heterocycles. The third-order valence-corrected chi connectivity index (χ3v) is 6.00. The highest BCUT2D eigenvalue weighted by atomic mass is 35.5. The smallest absolute Gasteiger partial charge is 0.244 e. The van der Waals surface area contributed by atoms with Crippen molar-refractivity contribution in [2.24, 2.45) is 5.92 Å². The van der Waals surface area contributed by atoms with Crippen molar-refractivity contribution in [1.29, 1.82) is 0 Å². The van der Waals surface area contributed by atoms with Gasteiger partial charge in [0.05, 0.1) is 6.04 Å². The van der Waals surface area contributed by atoms with Crippen LogP contribution in [0, 0.1) is 5.92 Å². The van der Waals surface area contributed by atoms with Crippen LogP contribution in [-0.4, -0.2) is 73.5 Å². The second-order valence-electron chi connectivity index (χ2n) is 7.52. The monoisotopic (exact) mass is 392 g/mol. The highest BCUT2D eigenvalue weighted by Crippen LogP contribution is 2.25. The first-order chi connectivity index (χ1) is 12.7. The molecule has 1 unspecified atom stereocenters. The standard InChI is InChI=1S/C20H28N4O2.ClH/c25-19(16-6-9-21-10-7-16)23-14-12-22(13-15-23)18-8-11-24(20(18)26)17-4-2-1-3-5-17;/h1-5,16,18,21H,6-15H2;1H. The maximum absolute atomic E-state index is 12.9. The predicted molar refractivity (Wildman–Crippen MR) is 108 cm³/mol. The third-order valence-electron chi connectivity index (χ3n) is 6.00. The number of nitrogens with one attached hydrogen (secondary N) is 1. The number of piperazine rings is 1. The molecule has 27 heavy (non-hydrogen) atoms. The number of rotatable bonds is 3. The number of carbonyl (C=O) groups is 2. The van der Waals surface area contributed by atoms with Crippen molar-refractivity contribution in [2.45, 2.75) is 25.3 Å². The zero-order valence-electron chi connectivity index (χ0n) is 15.7. The molecular formula is C20H29ClN4O2. The average molecular weight is 393 g/mol. The largest absolute Gasteiger partial charge is 0.340 e. The molecule has 2 amide bonds. The van der Waals surface area contributed by atoms with Crippen LogP contribution in [0.5, 0.6) is 0 Å². The summed E-state index contributed by atoms with van der Waals surface area (Å²) in [7, 11) is 0. The Morgan fingerprint density at radius 2 is 1.59 bits per heavy atom. The van der Waals surface area contributed by atoms with Gasteiger partial charge in [-0.3, -0.25) is 14.5 Å². The summed E-state index contributed by atoms with van der Waals surface area (Å²) in [6.07, 6.45) is 2.77. The molecule has 0 aromatic heterocycles. The van der Waals surface area contributed by atoms with Crippen LogP contribution in [-0.2, 0) is 9.59 Å². The average Bonchev–Trinajstić information content (AvgIpc) is 3.10. The van der Waals surface area contributed by atoms with Crippen LogP contribution in [0.4, 0.5) is 5.69 Å². The molecule has 4 rings (SSSR count). The Labute approximate surface area is 167 Å². The molecule has 3 aliphatic rings. The van der Waals surface area contributed by atoms with Gasteiger partial charge in [0.2, 0.25) is 11.8 Å². The van der Waals surface area contributed by atoms with Crippen LogP contribution < -0.4 is 10.2 Å². The molecule has 1 N–H and O–H groups in total. The van der Waals surface area contributed by atoms with E-state index in [0.717, 1.165) is 70.8 Å². The van der Waals surface area contributed by atoms with E-state index in [4.69, 9.17) is 0 Å². The lowest BCUT2D eigenvalue weighted by molar-refractivity contribution is -0.138. The van der Waals surface area contributed by atoms with E-state index >= 15 is 0 Å². The van der Waals surface area contributed by atoms with Crippen LogP contribution in [0.3, 0.4) is 0 Å². The zero-order valence-corrected chi connectivity index (χ0v) is 16.5. The maximum Gasteiger partial charge on any atom is 0.244 e. The number of halogens is 1. The van der Waals surface area contributed by atoms with Crippen LogP contribution in [0.15, 0.2) is 30.3 Å². The second-order valence-corrected chi connectivity index (χ2v) is 7.52. The summed E-state index contributed by atoms with van der Waals surface area (Å²) in [4.78, 5) is 31.7. The van der Waals surface area contributed by atoms with Gasteiger partial charge >= 0.3 is 0 Å². The molecule has 0 aliphatic carbocycles. The number of piperidine rings is 1. The molecule has 0 spiro atoms. The van der Waals surface area contributed by atoms with Gasteiger partial charge in [0, 0.05) is 44.3 Å². The third kappa shape index (κ3) is 4.28. The summed E-state index contributed by atoms with van der Waals surface area (Å²) in [5.74, 6) is 0.702. The Hall–Kier alpha value is -1.63. The number of para-hydroxylation sites is 1. The summed E-state index contributed by atoms with van der Waals surface area (Å²) in [5.41, 5.74) is 0.986. The molecule has 1 aromatic rings. The van der Waals surface area contributed by atoms with Gasteiger partial charge in [0.25, 0.3) is 0 Å². The number of benzene rings is 1. The highest BCUT2D eigenvalue weighted by molar-refractivity contribution is 5.99. The van der Waals surface area contributed by atoms with Gasteiger partial charge in [0.1, 0.15) is 0 Å². The van der Waals surface area contributed by atoms with E-state index < -0.39 is 0 Å². The van der Waals surface area contributed by atoms with Crippen molar-refractivity contribution >= 4 is 29.9 Å². The summed E-state index contributed by atoms with van der Waals surface area (Å²) in [6.45, 7) is 5.77. The van der Waals surface area contributed by atoms with E-state index in [1.165, 1.54) is 0 Å². The van der Waals surface area contributed by atoms with Gasteiger partial charge in [-0.2, -0.15) is 0 Å². The highest BCUT2D eigenvalue weighted by Gasteiger charge is 2.38. The minimum absolute atomic E-state index is 0. The topological polar surface area (TPSA) is 55.9 Å². The molecule has 7 heteroatoms. The quantitative estimate of drug-likeness (QED) is 0.843. The van der Waals surface area contributed by atoms with Crippen LogP contribution >= 0.6 is 12.4 Å². The van der Waals surface area contributed by atoms with Gasteiger partial charge in [-0.25, -0.2) is 0 Å². The predicted octanol–water partition coefficient (Wildman–Crippen LogP) is 1.36. The summed E-state index contributed by atoms with van der Waals surface area (Å²) in [5, 5.41) is 3.32. The number of nitrogens with zero attached hydrogens (tertiary/aromatic N) is 3. The molecule has 1 aromatic carbocycles. The second kappa shape index (κ2) is 9.04. The summed E-state index contributed by atoms with van der Waals surface area (Å²) < 4.78 is 0. The lowest BCUT2D eigenvalue weighted by Crippen LogP contribution is -2.55. The first kappa shape index (κ1) is 20.1. The van der Waals surface area contributed by atoms with E-state index in [2.05, 4.69) is 10.2 Å². The molecular weight excluding hydrogens is 364 g/mol. The number of hydrogen-bond donors (Lipinski definition) is 1. The van der Waals surface area contributed by atoms with Gasteiger partial charge in [0.15, 0.2) is 0 Å². The summed E-state index contributed by atoms with van der Waals surface area (Å²) >= 11 is 0. The molecule has 0 saturated carbocycles. The molecule has 3 aliphatic heterocycles. The molecule has 6 nitrogen and oxygen atoms in total. The Morgan fingerprint density at radius 1 is 0.926 bits per heavy atom. The molecule has 1 atom stereocenters. The number of hydrogen-bond acceptors (Lipinski definition) is 4. The van der Waals surface area contributed by atoms with Crippen LogP contribution in [0.25, 0.3) is 0 Å². The fourth-order valence-corrected chi connectivity index (χ4v) is 4.45. The molecule has 0 radical (unpaired) electrons. The summed E-state index contributed by atoms with van der Waals surface area (Å²) in [6, 6.07) is 9.88. The van der Waals surface area contributed by atoms with Crippen molar-refractivity contribution < 1.29 is 9.59 Å². The molecule has 3 fully saturated rings. The van der Waals surface area contributed by atoms with E-state index in [1.807, 2.05) is 40.1 Å². The van der Waals surface area contributed by atoms with Crippen molar-refractivity contribution in [3.05, 3.63) is 30.3 Å². The SMILES string of the molecule is Cl.O=C(C1CCNCC1)N1CCN(C2CCN(c3ccccc3)C2=O)CC1. The van der Waals surface area contributed by atoms with Crippen molar-refractivity contribution in [3.8, 4) is 0 Å². The number of anilines is 1. The minimum Gasteiger partial charge on any atom is -0.340 e. The molecule has 3 saturated heterocycles. The van der Waals surface area contributed by atoms with Gasteiger partial charge in [-0.1, -0.05) is 18.2 Å². The number of carbonyl (C=O) groups excluding carboxylic acids is 2. The minimum atomic E-state index is -0.0358. The first-order valence-electron chi connectivity index (χ1n) is 9.84. The van der Waals surface area contributed by atoms with Gasteiger partial charge in [-0.05, 0) is 44.5 Å². The Balaban J connectivity index is 0.00000210. The van der Waals surface area contributed by atoms with E-state index in [1.54, 1.807) is 0 Å². The zero-order chi connectivity index (χ0) is 17.9. The fraction of sp³-hybridized carbons (Fsp3) is 0.600. The number of amides is 2. The lowest BCUT2D eigenvalue weighted by Gasteiger charge is -2.39. The van der Waals surface area contributed by atoms with Crippen LogP contribution in [0.1, 0.15) is 19.3 Å². The Bertz CT molecular complexity index is 643. The maximum atomic E-state index is 12.9. The van der Waals surface area contributed by atoms with Crippen molar-refractivity contribution in [1.82, 2.24) is 15.1 Å². The molecule has 148 valence electrons. The van der Waals surface area contributed by atoms with E-state index in [-0.39, 0.29) is 30.3 Å². The van der Waals surface area contributed by atoms with E-state index in [0.29, 0.717) is 5.91 Å². The van der Waals surface area contributed by atoms with Gasteiger partial charge in [-0.15, -0.1) is 12.4 Å². The van der Waals surface area contributed by atoms with Crippen molar-refractivity contribution in [2.75, 3.05) is 50.7 Å². The van der Waals surface area contributed by atoms with Gasteiger partial charge < -0.3 is 15.1 Å².